The third-order valence-electron chi connectivity index (χ3n) is 3.16. The average Bonchev–Trinajstić information content (AvgIpc) is 2.98. The molecule has 0 radical (unpaired) electrons. The first-order valence-corrected chi connectivity index (χ1v) is 5.40. The maximum absolute atomic E-state index is 2.24. The molecule has 1 aromatic carbocycles. The fraction of sp³-hybridized carbons (Fsp3) is 0. The highest BCUT2D eigenvalue weighted by Crippen LogP contribution is 2.22. The standard InChI is InChI=1S/C14H10N2/c1-2-6-12-11(5-1)15-9-3-7-13(15)14-8-4-10-16(12)14/h1-10H. The molecule has 0 saturated carbocycles. The summed E-state index contributed by atoms with van der Waals surface area (Å²) in [5.41, 5.74) is 4.99. The van der Waals surface area contributed by atoms with Crippen molar-refractivity contribution in [1.29, 1.82) is 0 Å². The lowest BCUT2D eigenvalue weighted by Crippen LogP contribution is -1.93. The fourth-order valence-electron chi connectivity index (χ4n) is 2.47. The van der Waals surface area contributed by atoms with Crippen molar-refractivity contribution in [3.05, 3.63) is 60.9 Å². The molecule has 0 aliphatic heterocycles. The predicted octanol–water partition coefficient (Wildman–Crippen LogP) is 3.35. The molecule has 0 unspecified atom stereocenters. The van der Waals surface area contributed by atoms with Crippen molar-refractivity contribution in [2.75, 3.05) is 0 Å². The Bertz CT molecular complexity index is 736. The van der Waals surface area contributed by atoms with E-state index in [1.807, 2.05) is 0 Å². The Morgan fingerprint density at radius 2 is 0.875 bits per heavy atom. The third kappa shape index (κ3) is 0.823. The van der Waals surface area contributed by atoms with Crippen LogP contribution in [0, 0.1) is 0 Å². The molecule has 0 amide bonds. The monoisotopic (exact) mass is 206 g/mol. The highest BCUT2D eigenvalue weighted by atomic mass is 15.0. The van der Waals surface area contributed by atoms with Gasteiger partial charge in [-0.05, 0) is 36.4 Å². The quantitative estimate of drug-likeness (QED) is 0.417. The van der Waals surface area contributed by atoms with Gasteiger partial charge in [0.2, 0.25) is 0 Å². The minimum Gasteiger partial charge on any atom is -0.313 e. The van der Waals surface area contributed by atoms with Gasteiger partial charge in [-0.2, -0.15) is 0 Å². The van der Waals surface area contributed by atoms with Gasteiger partial charge in [-0.3, -0.25) is 0 Å². The first kappa shape index (κ1) is 7.99. The molecule has 76 valence electrons. The summed E-state index contributed by atoms with van der Waals surface area (Å²) in [5.74, 6) is 0. The van der Waals surface area contributed by atoms with Crippen LogP contribution < -0.4 is 0 Å². The minimum absolute atomic E-state index is 1.24. The molecule has 0 atom stereocenters. The summed E-state index contributed by atoms with van der Waals surface area (Å²) in [4.78, 5) is 0. The molecule has 0 N–H and O–H groups in total. The second-order valence-electron chi connectivity index (χ2n) is 4.02. The first-order valence-electron chi connectivity index (χ1n) is 5.40. The molecule has 4 rings (SSSR count). The van der Waals surface area contributed by atoms with Gasteiger partial charge in [0, 0.05) is 12.4 Å². The highest BCUT2D eigenvalue weighted by molar-refractivity contribution is 5.89. The molecule has 3 heterocycles. The van der Waals surface area contributed by atoms with E-state index in [1.54, 1.807) is 0 Å². The van der Waals surface area contributed by atoms with Crippen molar-refractivity contribution < 1.29 is 0 Å². The number of fused-ring (bicyclic) bond motifs is 6. The topological polar surface area (TPSA) is 8.82 Å². The van der Waals surface area contributed by atoms with Crippen LogP contribution in [-0.4, -0.2) is 8.80 Å². The van der Waals surface area contributed by atoms with E-state index in [-0.39, 0.29) is 0 Å². The van der Waals surface area contributed by atoms with Crippen LogP contribution in [-0.2, 0) is 0 Å². The Hall–Kier alpha value is -2.22. The van der Waals surface area contributed by atoms with Crippen molar-refractivity contribution in [3.63, 3.8) is 0 Å². The SMILES string of the molecule is c1ccc2c(c1)n1cccc1c1cccn21. The van der Waals surface area contributed by atoms with Gasteiger partial charge in [0.05, 0.1) is 22.1 Å². The molecular weight excluding hydrogens is 196 g/mol. The second-order valence-corrected chi connectivity index (χ2v) is 4.02. The van der Waals surface area contributed by atoms with E-state index in [0.29, 0.717) is 0 Å². The Labute approximate surface area is 92.3 Å². The molecule has 16 heavy (non-hydrogen) atoms. The number of hydrogen-bond acceptors (Lipinski definition) is 0. The maximum Gasteiger partial charge on any atom is 0.0698 e. The number of benzene rings is 1. The van der Waals surface area contributed by atoms with Crippen LogP contribution in [0.5, 0.6) is 0 Å². The molecule has 0 aliphatic carbocycles. The number of hydrogen-bond donors (Lipinski definition) is 0. The zero-order chi connectivity index (χ0) is 10.5. The number of aromatic nitrogens is 2. The van der Waals surface area contributed by atoms with E-state index in [9.17, 15) is 0 Å². The number of para-hydroxylation sites is 2. The molecule has 2 nitrogen and oxygen atoms in total. The molecule has 4 aromatic rings. The van der Waals surface area contributed by atoms with Crippen molar-refractivity contribution in [3.8, 4) is 0 Å². The molecular formula is C14H10N2. The first-order chi connectivity index (χ1) is 7.95. The summed E-state index contributed by atoms with van der Waals surface area (Å²) < 4.78 is 4.48. The van der Waals surface area contributed by atoms with Crippen LogP contribution in [0.2, 0.25) is 0 Å². The smallest absolute Gasteiger partial charge is 0.0698 e. The van der Waals surface area contributed by atoms with E-state index >= 15 is 0 Å². The van der Waals surface area contributed by atoms with Crippen molar-refractivity contribution in [2.45, 2.75) is 0 Å². The average molecular weight is 206 g/mol. The molecule has 0 saturated heterocycles. The van der Waals surface area contributed by atoms with Crippen LogP contribution in [0.3, 0.4) is 0 Å². The Kier molecular flexibility index (Phi) is 1.33. The molecule has 2 heteroatoms. The fourth-order valence-corrected chi connectivity index (χ4v) is 2.47. The van der Waals surface area contributed by atoms with Crippen LogP contribution in [0.25, 0.3) is 22.1 Å². The van der Waals surface area contributed by atoms with Crippen molar-refractivity contribution in [2.24, 2.45) is 0 Å². The Balaban J connectivity index is 2.51. The van der Waals surface area contributed by atoms with Gasteiger partial charge in [0.15, 0.2) is 0 Å². The zero-order valence-electron chi connectivity index (χ0n) is 8.67. The largest absolute Gasteiger partial charge is 0.313 e. The molecule has 3 aromatic heterocycles. The predicted molar refractivity (Wildman–Crippen MR) is 65.9 cm³/mol. The number of nitrogens with zero attached hydrogens (tertiary/aromatic N) is 2. The van der Waals surface area contributed by atoms with E-state index in [1.165, 1.54) is 22.1 Å². The third-order valence-corrected chi connectivity index (χ3v) is 3.16. The lowest BCUT2D eigenvalue weighted by molar-refractivity contribution is 1.20. The van der Waals surface area contributed by atoms with Crippen LogP contribution in [0.4, 0.5) is 0 Å². The molecule has 0 aliphatic rings. The van der Waals surface area contributed by atoms with Crippen LogP contribution in [0.1, 0.15) is 0 Å². The summed E-state index contributed by atoms with van der Waals surface area (Å²) in [6.07, 6.45) is 4.23. The van der Waals surface area contributed by atoms with E-state index in [4.69, 9.17) is 0 Å². The summed E-state index contributed by atoms with van der Waals surface area (Å²) in [6, 6.07) is 17.0. The summed E-state index contributed by atoms with van der Waals surface area (Å²) in [5, 5.41) is 0. The van der Waals surface area contributed by atoms with Gasteiger partial charge >= 0.3 is 0 Å². The van der Waals surface area contributed by atoms with E-state index in [2.05, 4.69) is 69.7 Å². The normalized spacial score (nSPS) is 11.8. The Morgan fingerprint density at radius 1 is 0.500 bits per heavy atom. The summed E-state index contributed by atoms with van der Waals surface area (Å²) in [6.45, 7) is 0. The molecule has 0 bridgehead atoms. The number of rotatable bonds is 0. The van der Waals surface area contributed by atoms with Gasteiger partial charge in [-0.25, -0.2) is 0 Å². The van der Waals surface area contributed by atoms with E-state index in [0.717, 1.165) is 0 Å². The molecule has 0 spiro atoms. The van der Waals surface area contributed by atoms with Crippen molar-refractivity contribution >= 4 is 22.1 Å². The van der Waals surface area contributed by atoms with Crippen molar-refractivity contribution in [1.82, 2.24) is 8.80 Å². The van der Waals surface area contributed by atoms with Gasteiger partial charge in [-0.1, -0.05) is 12.1 Å². The summed E-state index contributed by atoms with van der Waals surface area (Å²) in [7, 11) is 0. The molecule has 0 fully saturated rings. The van der Waals surface area contributed by atoms with Crippen LogP contribution >= 0.6 is 0 Å². The lowest BCUT2D eigenvalue weighted by atomic mass is 10.3. The Morgan fingerprint density at radius 3 is 1.31 bits per heavy atom. The minimum atomic E-state index is 1.24. The second kappa shape index (κ2) is 2.67. The van der Waals surface area contributed by atoms with Crippen LogP contribution in [0.15, 0.2) is 60.9 Å². The van der Waals surface area contributed by atoms with E-state index < -0.39 is 0 Å². The summed E-state index contributed by atoms with van der Waals surface area (Å²) >= 11 is 0. The van der Waals surface area contributed by atoms with Gasteiger partial charge in [0.1, 0.15) is 0 Å². The highest BCUT2D eigenvalue weighted by Gasteiger charge is 2.05. The maximum atomic E-state index is 2.24. The van der Waals surface area contributed by atoms with Gasteiger partial charge in [0.25, 0.3) is 0 Å². The van der Waals surface area contributed by atoms with Gasteiger partial charge < -0.3 is 8.80 Å². The van der Waals surface area contributed by atoms with Gasteiger partial charge in [-0.15, -0.1) is 0 Å². The zero-order valence-corrected chi connectivity index (χ0v) is 8.67. The lowest BCUT2D eigenvalue weighted by Gasteiger charge is -2.07.